The minimum Gasteiger partial charge on any atom is -0.464 e. The van der Waals surface area contributed by atoms with Crippen molar-refractivity contribution in [3.8, 4) is 0 Å². The summed E-state index contributed by atoms with van der Waals surface area (Å²) >= 11 is 0. The third kappa shape index (κ3) is 3.58. The van der Waals surface area contributed by atoms with Gasteiger partial charge in [0.2, 0.25) is 5.91 Å². The average Bonchev–Trinajstić information content (AvgIpc) is 3.32. The van der Waals surface area contributed by atoms with Crippen LogP contribution in [0.3, 0.4) is 0 Å². The molecule has 0 saturated carbocycles. The molecule has 0 spiro atoms. The van der Waals surface area contributed by atoms with E-state index in [9.17, 15) is 4.79 Å². The zero-order valence-electron chi connectivity index (χ0n) is 17.1. The van der Waals surface area contributed by atoms with Crippen LogP contribution in [0.5, 0.6) is 0 Å². The number of nitrogens with zero attached hydrogens (tertiary/aromatic N) is 3. The maximum Gasteiger partial charge on any atom is 0.227 e. The molecule has 3 heterocycles. The number of piperidine rings is 1. The standard InChI is InChI=1S/C23H29N3O2/c1-4-21-24-9-12-26(21)14-18-7-10-25(11-8-18)22(27)13-19-15-28-23-17(3)16(2)5-6-20(19)23/h5-6,9,12,15,18H,4,7-8,10-11,13-14H2,1-3H3. The number of aromatic nitrogens is 2. The third-order valence-electron chi connectivity index (χ3n) is 6.22. The zero-order valence-corrected chi connectivity index (χ0v) is 17.1. The number of amides is 1. The normalized spacial score (nSPS) is 15.5. The molecule has 0 atom stereocenters. The maximum absolute atomic E-state index is 12.9. The number of furan rings is 1. The van der Waals surface area contributed by atoms with Crippen LogP contribution in [0.25, 0.3) is 11.0 Å². The van der Waals surface area contributed by atoms with Gasteiger partial charge in [0.15, 0.2) is 0 Å². The topological polar surface area (TPSA) is 51.3 Å². The molecule has 1 aliphatic rings. The molecule has 5 nitrogen and oxygen atoms in total. The number of benzene rings is 1. The molecule has 1 fully saturated rings. The van der Waals surface area contributed by atoms with E-state index in [1.165, 1.54) is 5.56 Å². The van der Waals surface area contributed by atoms with Gasteiger partial charge in [0, 0.05) is 49.4 Å². The number of imidazole rings is 1. The molecule has 5 heteroatoms. The summed E-state index contributed by atoms with van der Waals surface area (Å²) in [5.41, 5.74) is 4.28. The van der Waals surface area contributed by atoms with E-state index < -0.39 is 0 Å². The summed E-state index contributed by atoms with van der Waals surface area (Å²) < 4.78 is 8.03. The minimum absolute atomic E-state index is 0.205. The largest absolute Gasteiger partial charge is 0.464 e. The summed E-state index contributed by atoms with van der Waals surface area (Å²) in [6.45, 7) is 8.99. The van der Waals surface area contributed by atoms with E-state index in [2.05, 4.69) is 48.7 Å². The van der Waals surface area contributed by atoms with Crippen molar-refractivity contribution >= 4 is 16.9 Å². The van der Waals surface area contributed by atoms with Crippen LogP contribution < -0.4 is 0 Å². The molecule has 0 radical (unpaired) electrons. The molecule has 1 aromatic carbocycles. The molecule has 0 aliphatic carbocycles. The van der Waals surface area contributed by atoms with Gasteiger partial charge in [-0.1, -0.05) is 19.1 Å². The van der Waals surface area contributed by atoms with E-state index in [0.717, 1.165) is 66.8 Å². The molecule has 4 rings (SSSR count). The number of likely N-dealkylation sites (tertiary alicyclic amines) is 1. The highest BCUT2D eigenvalue weighted by Gasteiger charge is 2.24. The number of hydrogen-bond donors (Lipinski definition) is 0. The van der Waals surface area contributed by atoms with Gasteiger partial charge in [-0.3, -0.25) is 4.79 Å². The van der Waals surface area contributed by atoms with Crippen molar-refractivity contribution in [3.63, 3.8) is 0 Å². The van der Waals surface area contributed by atoms with E-state index in [1.54, 1.807) is 6.26 Å². The summed E-state index contributed by atoms with van der Waals surface area (Å²) in [6, 6.07) is 4.18. The highest BCUT2D eigenvalue weighted by Crippen LogP contribution is 2.28. The molecular weight excluding hydrogens is 350 g/mol. The lowest BCUT2D eigenvalue weighted by Gasteiger charge is -2.32. The third-order valence-corrected chi connectivity index (χ3v) is 6.22. The second-order valence-electron chi connectivity index (χ2n) is 8.00. The first-order valence-electron chi connectivity index (χ1n) is 10.3. The van der Waals surface area contributed by atoms with Gasteiger partial charge in [-0.15, -0.1) is 0 Å². The fraction of sp³-hybridized carbons (Fsp3) is 0.478. The predicted octanol–water partition coefficient (Wildman–Crippen LogP) is 4.29. The average molecular weight is 380 g/mol. The summed E-state index contributed by atoms with van der Waals surface area (Å²) in [5, 5.41) is 1.07. The van der Waals surface area contributed by atoms with Gasteiger partial charge in [0.1, 0.15) is 11.4 Å². The minimum atomic E-state index is 0.205. The molecule has 3 aromatic rings. The number of aryl methyl sites for hydroxylation is 3. The van der Waals surface area contributed by atoms with Crippen molar-refractivity contribution in [1.82, 2.24) is 14.5 Å². The van der Waals surface area contributed by atoms with Gasteiger partial charge < -0.3 is 13.9 Å². The van der Waals surface area contributed by atoms with Crippen LogP contribution in [0.1, 0.15) is 42.3 Å². The van der Waals surface area contributed by atoms with Crippen LogP contribution in [0.4, 0.5) is 0 Å². The van der Waals surface area contributed by atoms with E-state index >= 15 is 0 Å². The first kappa shape index (κ1) is 18.8. The second-order valence-corrected chi connectivity index (χ2v) is 8.00. The number of carbonyl (C=O) groups excluding carboxylic acids is 1. The Morgan fingerprint density at radius 2 is 2.04 bits per heavy atom. The van der Waals surface area contributed by atoms with Crippen LogP contribution in [-0.2, 0) is 24.2 Å². The Morgan fingerprint density at radius 3 is 2.79 bits per heavy atom. The van der Waals surface area contributed by atoms with E-state index in [0.29, 0.717) is 12.3 Å². The summed E-state index contributed by atoms with van der Waals surface area (Å²) in [7, 11) is 0. The van der Waals surface area contributed by atoms with Gasteiger partial charge in [-0.2, -0.15) is 0 Å². The molecule has 1 amide bonds. The van der Waals surface area contributed by atoms with Crippen LogP contribution in [0.15, 0.2) is 35.2 Å². The molecule has 28 heavy (non-hydrogen) atoms. The fourth-order valence-corrected chi connectivity index (χ4v) is 4.26. The first-order valence-corrected chi connectivity index (χ1v) is 10.3. The molecular formula is C23H29N3O2. The van der Waals surface area contributed by atoms with Crippen molar-refractivity contribution in [2.45, 2.75) is 53.0 Å². The highest BCUT2D eigenvalue weighted by molar-refractivity contribution is 5.89. The van der Waals surface area contributed by atoms with Crippen LogP contribution in [0.2, 0.25) is 0 Å². The molecule has 0 N–H and O–H groups in total. The Morgan fingerprint density at radius 1 is 1.25 bits per heavy atom. The monoisotopic (exact) mass is 379 g/mol. The van der Waals surface area contributed by atoms with E-state index in [-0.39, 0.29) is 5.91 Å². The molecule has 0 unspecified atom stereocenters. The fourth-order valence-electron chi connectivity index (χ4n) is 4.26. The Kier molecular flexibility index (Phi) is 5.25. The first-order chi connectivity index (χ1) is 13.6. The summed E-state index contributed by atoms with van der Waals surface area (Å²) in [4.78, 5) is 19.3. The number of carbonyl (C=O) groups is 1. The van der Waals surface area contributed by atoms with Gasteiger partial charge in [-0.05, 0) is 43.7 Å². The van der Waals surface area contributed by atoms with Gasteiger partial charge in [0.05, 0.1) is 12.7 Å². The molecule has 1 aliphatic heterocycles. The maximum atomic E-state index is 12.9. The van der Waals surface area contributed by atoms with Crippen molar-refractivity contribution in [1.29, 1.82) is 0 Å². The van der Waals surface area contributed by atoms with Crippen molar-refractivity contribution in [2.75, 3.05) is 13.1 Å². The summed E-state index contributed by atoms with van der Waals surface area (Å²) in [5.74, 6) is 1.97. The van der Waals surface area contributed by atoms with E-state index in [1.807, 2.05) is 11.1 Å². The van der Waals surface area contributed by atoms with Crippen molar-refractivity contribution in [2.24, 2.45) is 5.92 Å². The van der Waals surface area contributed by atoms with Gasteiger partial charge in [0.25, 0.3) is 0 Å². The Hall–Kier alpha value is -2.56. The van der Waals surface area contributed by atoms with Gasteiger partial charge >= 0.3 is 0 Å². The highest BCUT2D eigenvalue weighted by atomic mass is 16.3. The van der Waals surface area contributed by atoms with Crippen LogP contribution in [-0.4, -0.2) is 33.4 Å². The zero-order chi connectivity index (χ0) is 19.7. The lowest BCUT2D eigenvalue weighted by atomic mass is 9.96. The molecule has 0 bridgehead atoms. The van der Waals surface area contributed by atoms with Crippen LogP contribution >= 0.6 is 0 Å². The van der Waals surface area contributed by atoms with Gasteiger partial charge in [-0.25, -0.2) is 4.98 Å². The Labute approximate surface area is 166 Å². The lowest BCUT2D eigenvalue weighted by Crippen LogP contribution is -2.40. The smallest absolute Gasteiger partial charge is 0.227 e. The second kappa shape index (κ2) is 7.82. The van der Waals surface area contributed by atoms with Crippen molar-refractivity contribution in [3.05, 3.63) is 53.3 Å². The van der Waals surface area contributed by atoms with E-state index in [4.69, 9.17) is 4.42 Å². The SMILES string of the molecule is CCc1nccn1CC1CCN(C(=O)Cc2coc3c(C)c(C)ccc23)CC1. The Bertz CT molecular complexity index is 977. The van der Waals surface area contributed by atoms with Crippen molar-refractivity contribution < 1.29 is 9.21 Å². The number of hydrogen-bond acceptors (Lipinski definition) is 3. The number of rotatable bonds is 5. The molecule has 2 aromatic heterocycles. The number of fused-ring (bicyclic) bond motifs is 1. The quantitative estimate of drug-likeness (QED) is 0.664. The Balaban J connectivity index is 1.36. The molecule has 148 valence electrons. The molecule has 1 saturated heterocycles. The predicted molar refractivity (Wildman–Crippen MR) is 110 cm³/mol. The summed E-state index contributed by atoms with van der Waals surface area (Å²) in [6.07, 6.45) is 9.20. The lowest BCUT2D eigenvalue weighted by molar-refractivity contribution is -0.131. The van der Waals surface area contributed by atoms with Crippen LogP contribution in [0, 0.1) is 19.8 Å².